The zero-order chi connectivity index (χ0) is 9.97. The van der Waals surface area contributed by atoms with Crippen molar-refractivity contribution in [3.05, 3.63) is 42.0 Å². The Morgan fingerprint density at radius 1 is 1.29 bits per heavy atom. The van der Waals surface area contributed by atoms with E-state index in [0.717, 1.165) is 16.6 Å². The highest BCUT2D eigenvalue weighted by Gasteiger charge is 1.99. The summed E-state index contributed by atoms with van der Waals surface area (Å²) in [5.74, 6) is 0.244. The average molecular weight is 186 g/mol. The Morgan fingerprint density at radius 2 is 2.07 bits per heavy atom. The molecule has 0 spiro atoms. The molecule has 14 heavy (non-hydrogen) atoms. The maximum Gasteiger partial charge on any atom is 0.116 e. The molecule has 0 aliphatic carbocycles. The van der Waals surface area contributed by atoms with Gasteiger partial charge in [-0.1, -0.05) is 18.2 Å². The van der Waals surface area contributed by atoms with E-state index in [1.54, 1.807) is 13.0 Å². The molecule has 0 saturated heterocycles. The molecule has 0 bridgehead atoms. The van der Waals surface area contributed by atoms with Crippen molar-refractivity contribution < 1.29 is 5.11 Å². The monoisotopic (exact) mass is 186 g/mol. The third kappa shape index (κ3) is 1.57. The lowest BCUT2D eigenvalue weighted by atomic mass is 10.2. The van der Waals surface area contributed by atoms with Crippen LogP contribution in [0.5, 0.6) is 0 Å². The van der Waals surface area contributed by atoms with Gasteiger partial charge in [0.05, 0.1) is 17.0 Å². The minimum Gasteiger partial charge on any atom is -0.513 e. The van der Waals surface area contributed by atoms with Gasteiger partial charge in [-0.25, -0.2) is 9.97 Å². The van der Waals surface area contributed by atoms with Crippen LogP contribution < -0.4 is 0 Å². The van der Waals surface area contributed by atoms with Crippen LogP contribution in [0.25, 0.3) is 17.0 Å². The lowest BCUT2D eigenvalue weighted by molar-refractivity contribution is 0.419. The van der Waals surface area contributed by atoms with Crippen molar-refractivity contribution in [1.29, 1.82) is 0 Å². The van der Waals surface area contributed by atoms with E-state index in [0.29, 0.717) is 0 Å². The van der Waals surface area contributed by atoms with Crippen LogP contribution in [0.3, 0.4) is 0 Å². The summed E-state index contributed by atoms with van der Waals surface area (Å²) in [6.07, 6.45) is 3.13. The van der Waals surface area contributed by atoms with Gasteiger partial charge in [0.15, 0.2) is 0 Å². The van der Waals surface area contributed by atoms with Gasteiger partial charge < -0.3 is 5.11 Å². The van der Waals surface area contributed by atoms with Gasteiger partial charge in [-0.2, -0.15) is 0 Å². The lowest BCUT2D eigenvalue weighted by Crippen LogP contribution is -1.87. The number of rotatable bonds is 1. The molecule has 0 aliphatic heterocycles. The Bertz CT molecular complexity index is 482. The second-order valence-corrected chi connectivity index (χ2v) is 3.06. The van der Waals surface area contributed by atoms with Gasteiger partial charge in [-0.3, -0.25) is 0 Å². The summed E-state index contributed by atoms with van der Waals surface area (Å²) < 4.78 is 0. The summed E-state index contributed by atoms with van der Waals surface area (Å²) in [4.78, 5) is 8.23. The van der Waals surface area contributed by atoms with Crippen LogP contribution in [-0.4, -0.2) is 15.1 Å². The quantitative estimate of drug-likeness (QED) is 0.696. The second kappa shape index (κ2) is 3.46. The molecule has 0 fully saturated rings. The molecule has 3 nitrogen and oxygen atoms in total. The Balaban J connectivity index is 2.71. The van der Waals surface area contributed by atoms with E-state index < -0.39 is 0 Å². The highest BCUT2D eigenvalue weighted by atomic mass is 16.3. The number of para-hydroxylation sites is 1. The predicted molar refractivity (Wildman–Crippen MR) is 55.8 cm³/mol. The lowest BCUT2D eigenvalue weighted by Gasteiger charge is -1.99. The minimum atomic E-state index is 0.244. The molecule has 2 aromatic rings. The molecule has 0 amide bonds. The maximum atomic E-state index is 9.17. The number of hydrogen-bond acceptors (Lipinski definition) is 3. The van der Waals surface area contributed by atoms with E-state index in [9.17, 15) is 0 Å². The van der Waals surface area contributed by atoms with Crippen LogP contribution in [0, 0.1) is 0 Å². The average Bonchev–Trinajstić information content (AvgIpc) is 2.18. The predicted octanol–water partition coefficient (Wildman–Crippen LogP) is 2.55. The standard InChI is InChI=1S/C11H10N2O/c1-8(14)6-11-9-4-2-3-5-10(9)12-7-13-11/h2-7,14H,1H3/b8-6-. The van der Waals surface area contributed by atoms with Crippen LogP contribution in [0.2, 0.25) is 0 Å². The number of aromatic nitrogens is 2. The van der Waals surface area contributed by atoms with Crippen molar-refractivity contribution >= 4 is 17.0 Å². The largest absolute Gasteiger partial charge is 0.513 e. The fourth-order valence-corrected chi connectivity index (χ4v) is 1.34. The van der Waals surface area contributed by atoms with E-state index in [4.69, 9.17) is 5.11 Å². The summed E-state index contributed by atoms with van der Waals surface area (Å²) in [6.45, 7) is 1.62. The number of aliphatic hydroxyl groups excluding tert-OH is 1. The maximum absolute atomic E-state index is 9.17. The molecular weight excluding hydrogens is 176 g/mol. The van der Waals surface area contributed by atoms with Gasteiger partial charge >= 0.3 is 0 Å². The van der Waals surface area contributed by atoms with Crippen LogP contribution >= 0.6 is 0 Å². The van der Waals surface area contributed by atoms with Gasteiger partial charge in [0.1, 0.15) is 6.33 Å². The number of aliphatic hydroxyl groups is 1. The molecule has 1 aromatic carbocycles. The van der Waals surface area contributed by atoms with Crippen LogP contribution in [-0.2, 0) is 0 Å². The van der Waals surface area contributed by atoms with Crippen molar-refractivity contribution in [3.63, 3.8) is 0 Å². The fourth-order valence-electron chi connectivity index (χ4n) is 1.34. The van der Waals surface area contributed by atoms with E-state index >= 15 is 0 Å². The van der Waals surface area contributed by atoms with Crippen LogP contribution in [0.15, 0.2) is 36.4 Å². The van der Waals surface area contributed by atoms with Crippen molar-refractivity contribution in [2.24, 2.45) is 0 Å². The third-order valence-electron chi connectivity index (χ3n) is 1.92. The smallest absolute Gasteiger partial charge is 0.116 e. The molecule has 1 heterocycles. The number of hydrogen-bond donors (Lipinski definition) is 1. The highest BCUT2D eigenvalue weighted by molar-refractivity contribution is 5.85. The van der Waals surface area contributed by atoms with Crippen LogP contribution in [0.1, 0.15) is 12.6 Å². The Morgan fingerprint density at radius 3 is 2.86 bits per heavy atom. The summed E-state index contributed by atoms with van der Waals surface area (Å²) in [5, 5.41) is 10.1. The highest BCUT2D eigenvalue weighted by Crippen LogP contribution is 2.15. The first kappa shape index (κ1) is 8.69. The molecule has 0 atom stereocenters. The first-order valence-electron chi connectivity index (χ1n) is 4.34. The summed E-state index contributed by atoms with van der Waals surface area (Å²) in [6, 6.07) is 7.70. The molecule has 1 N–H and O–H groups in total. The third-order valence-corrected chi connectivity index (χ3v) is 1.92. The Kier molecular flexibility index (Phi) is 2.14. The molecule has 0 saturated carbocycles. The van der Waals surface area contributed by atoms with E-state index in [-0.39, 0.29) is 5.76 Å². The number of allylic oxidation sites excluding steroid dienone is 1. The summed E-state index contributed by atoms with van der Waals surface area (Å²) in [7, 11) is 0. The zero-order valence-electron chi connectivity index (χ0n) is 7.81. The molecule has 3 heteroatoms. The van der Waals surface area contributed by atoms with E-state index in [1.807, 2.05) is 24.3 Å². The fraction of sp³-hybridized carbons (Fsp3) is 0.0909. The number of fused-ring (bicyclic) bond motifs is 1. The van der Waals surface area contributed by atoms with Gasteiger partial charge in [0, 0.05) is 11.5 Å². The van der Waals surface area contributed by atoms with Crippen molar-refractivity contribution in [2.75, 3.05) is 0 Å². The van der Waals surface area contributed by atoms with Gasteiger partial charge in [-0.15, -0.1) is 0 Å². The minimum absolute atomic E-state index is 0.244. The van der Waals surface area contributed by atoms with Gasteiger partial charge in [-0.05, 0) is 13.0 Å². The number of nitrogens with zero attached hydrogens (tertiary/aromatic N) is 2. The zero-order valence-corrected chi connectivity index (χ0v) is 7.81. The first-order chi connectivity index (χ1) is 6.77. The second-order valence-electron chi connectivity index (χ2n) is 3.06. The van der Waals surface area contributed by atoms with Crippen molar-refractivity contribution in [1.82, 2.24) is 9.97 Å². The van der Waals surface area contributed by atoms with Crippen LogP contribution in [0.4, 0.5) is 0 Å². The SMILES string of the molecule is C/C(O)=C/c1ncnc2ccccc12. The van der Waals surface area contributed by atoms with Gasteiger partial charge in [0.25, 0.3) is 0 Å². The molecule has 1 aromatic heterocycles. The Labute approximate surface area is 81.8 Å². The molecular formula is C11H10N2O. The molecule has 2 rings (SSSR count). The molecule has 0 aliphatic rings. The normalized spacial score (nSPS) is 11.9. The molecule has 70 valence electrons. The summed E-state index contributed by atoms with van der Waals surface area (Å²) >= 11 is 0. The summed E-state index contributed by atoms with van der Waals surface area (Å²) in [5.41, 5.74) is 1.63. The van der Waals surface area contributed by atoms with Gasteiger partial charge in [0.2, 0.25) is 0 Å². The first-order valence-corrected chi connectivity index (χ1v) is 4.34. The topological polar surface area (TPSA) is 46.0 Å². The van der Waals surface area contributed by atoms with E-state index in [1.165, 1.54) is 6.33 Å². The number of benzene rings is 1. The van der Waals surface area contributed by atoms with Crippen molar-refractivity contribution in [3.8, 4) is 0 Å². The van der Waals surface area contributed by atoms with Crippen molar-refractivity contribution in [2.45, 2.75) is 6.92 Å². The molecule has 0 unspecified atom stereocenters. The Hall–Kier alpha value is -1.90. The molecule has 0 radical (unpaired) electrons. The van der Waals surface area contributed by atoms with E-state index in [2.05, 4.69) is 9.97 Å².